The number of anilines is 1. The van der Waals surface area contributed by atoms with Crippen LogP contribution in [0.25, 0.3) is 0 Å². The highest BCUT2D eigenvalue weighted by Gasteiger charge is 2.07. The fourth-order valence-corrected chi connectivity index (χ4v) is 1.86. The first-order valence-corrected chi connectivity index (χ1v) is 5.99. The van der Waals surface area contributed by atoms with Gasteiger partial charge in [0.1, 0.15) is 11.6 Å². The van der Waals surface area contributed by atoms with Crippen LogP contribution in [-0.2, 0) is 6.54 Å². The Morgan fingerprint density at radius 3 is 2.68 bits per heavy atom. The maximum atomic E-state index is 10.6. The SMILES string of the molecule is COc1ccccc1CN(C)c1ccc(C=O)cn1. The summed E-state index contributed by atoms with van der Waals surface area (Å²) in [6.07, 6.45) is 2.36. The minimum Gasteiger partial charge on any atom is -0.496 e. The third kappa shape index (κ3) is 3.10. The van der Waals surface area contributed by atoms with Crippen LogP contribution in [0.4, 0.5) is 5.82 Å². The zero-order chi connectivity index (χ0) is 13.7. The summed E-state index contributed by atoms with van der Waals surface area (Å²) in [6, 6.07) is 11.5. The van der Waals surface area contributed by atoms with Crippen LogP contribution in [-0.4, -0.2) is 25.4 Å². The number of methoxy groups -OCH3 is 1. The minimum absolute atomic E-state index is 0.578. The molecule has 0 saturated carbocycles. The number of aldehydes is 1. The Kier molecular flexibility index (Phi) is 4.13. The third-order valence-corrected chi connectivity index (χ3v) is 2.90. The van der Waals surface area contributed by atoms with Crippen molar-refractivity contribution in [2.45, 2.75) is 6.54 Å². The molecule has 4 nitrogen and oxygen atoms in total. The van der Waals surface area contributed by atoms with E-state index in [9.17, 15) is 4.79 Å². The highest BCUT2D eigenvalue weighted by molar-refractivity contribution is 5.74. The van der Waals surface area contributed by atoms with Gasteiger partial charge in [0, 0.05) is 30.9 Å². The Labute approximate surface area is 112 Å². The molecule has 98 valence electrons. The van der Waals surface area contributed by atoms with Crippen LogP contribution in [0, 0.1) is 0 Å². The highest BCUT2D eigenvalue weighted by Crippen LogP contribution is 2.20. The van der Waals surface area contributed by atoms with E-state index in [1.165, 1.54) is 0 Å². The Balaban J connectivity index is 2.15. The second kappa shape index (κ2) is 6.00. The quantitative estimate of drug-likeness (QED) is 0.771. The van der Waals surface area contributed by atoms with Crippen molar-refractivity contribution in [1.29, 1.82) is 0 Å². The molecule has 0 atom stereocenters. The van der Waals surface area contributed by atoms with Crippen molar-refractivity contribution in [3.05, 3.63) is 53.7 Å². The van der Waals surface area contributed by atoms with E-state index in [-0.39, 0.29) is 0 Å². The molecule has 1 heterocycles. The van der Waals surface area contributed by atoms with E-state index >= 15 is 0 Å². The number of rotatable bonds is 5. The van der Waals surface area contributed by atoms with Crippen LogP contribution in [0.2, 0.25) is 0 Å². The van der Waals surface area contributed by atoms with Crippen molar-refractivity contribution in [2.24, 2.45) is 0 Å². The molecule has 0 radical (unpaired) electrons. The smallest absolute Gasteiger partial charge is 0.151 e. The van der Waals surface area contributed by atoms with Gasteiger partial charge in [0.2, 0.25) is 0 Å². The number of ether oxygens (including phenoxy) is 1. The molecule has 0 aliphatic rings. The zero-order valence-electron chi connectivity index (χ0n) is 11.0. The van der Waals surface area contributed by atoms with Gasteiger partial charge >= 0.3 is 0 Å². The molecule has 0 aliphatic heterocycles. The molecule has 0 unspecified atom stereocenters. The molecule has 1 aromatic heterocycles. The molecule has 2 aromatic rings. The monoisotopic (exact) mass is 256 g/mol. The molecule has 0 spiro atoms. The zero-order valence-corrected chi connectivity index (χ0v) is 11.0. The first-order valence-electron chi connectivity index (χ1n) is 5.99. The molecule has 0 N–H and O–H groups in total. The molecule has 4 heteroatoms. The second-order valence-electron chi connectivity index (χ2n) is 4.24. The van der Waals surface area contributed by atoms with Crippen molar-refractivity contribution in [1.82, 2.24) is 4.98 Å². The summed E-state index contributed by atoms with van der Waals surface area (Å²) < 4.78 is 5.33. The normalized spacial score (nSPS) is 10.0. The van der Waals surface area contributed by atoms with E-state index < -0.39 is 0 Å². The van der Waals surface area contributed by atoms with Crippen LogP contribution in [0.15, 0.2) is 42.6 Å². The van der Waals surface area contributed by atoms with Crippen molar-refractivity contribution >= 4 is 12.1 Å². The Morgan fingerprint density at radius 1 is 1.26 bits per heavy atom. The number of benzene rings is 1. The molecule has 2 rings (SSSR count). The minimum atomic E-state index is 0.578. The number of carbonyl (C=O) groups excluding carboxylic acids is 1. The molecule has 0 amide bonds. The molecule has 0 fully saturated rings. The lowest BCUT2D eigenvalue weighted by molar-refractivity contribution is 0.112. The van der Waals surface area contributed by atoms with Crippen LogP contribution in [0.3, 0.4) is 0 Å². The summed E-state index contributed by atoms with van der Waals surface area (Å²) in [5.41, 5.74) is 1.67. The van der Waals surface area contributed by atoms with Crippen LogP contribution in [0.1, 0.15) is 15.9 Å². The van der Waals surface area contributed by atoms with Gasteiger partial charge in [0.15, 0.2) is 6.29 Å². The summed E-state index contributed by atoms with van der Waals surface area (Å²) in [4.78, 5) is 16.9. The van der Waals surface area contributed by atoms with E-state index in [0.717, 1.165) is 23.4 Å². The average molecular weight is 256 g/mol. The number of para-hydroxylation sites is 1. The predicted octanol–water partition coefficient (Wildman–Crippen LogP) is 2.54. The number of pyridine rings is 1. The molecule has 0 saturated heterocycles. The number of carbonyl (C=O) groups is 1. The largest absolute Gasteiger partial charge is 0.496 e. The molecule has 19 heavy (non-hydrogen) atoms. The first-order chi connectivity index (χ1) is 9.24. The molecule has 0 aliphatic carbocycles. The van der Waals surface area contributed by atoms with Gasteiger partial charge in [-0.1, -0.05) is 18.2 Å². The summed E-state index contributed by atoms with van der Waals surface area (Å²) in [7, 11) is 3.62. The maximum Gasteiger partial charge on any atom is 0.151 e. The number of hydrogen-bond donors (Lipinski definition) is 0. The van der Waals surface area contributed by atoms with Crippen molar-refractivity contribution in [2.75, 3.05) is 19.1 Å². The Hall–Kier alpha value is -2.36. The van der Waals surface area contributed by atoms with Crippen LogP contribution < -0.4 is 9.64 Å². The fraction of sp³-hybridized carbons (Fsp3) is 0.200. The van der Waals surface area contributed by atoms with E-state index in [0.29, 0.717) is 12.1 Å². The number of aromatic nitrogens is 1. The highest BCUT2D eigenvalue weighted by atomic mass is 16.5. The molecule has 1 aromatic carbocycles. The average Bonchev–Trinajstić information content (AvgIpc) is 2.48. The summed E-state index contributed by atoms with van der Waals surface area (Å²) >= 11 is 0. The predicted molar refractivity (Wildman–Crippen MR) is 74.7 cm³/mol. The van der Waals surface area contributed by atoms with Crippen molar-refractivity contribution < 1.29 is 9.53 Å². The van der Waals surface area contributed by atoms with E-state index in [1.807, 2.05) is 42.3 Å². The standard InChI is InChI=1S/C15H16N2O2/c1-17(15-8-7-12(11-18)9-16-15)10-13-5-3-4-6-14(13)19-2/h3-9,11H,10H2,1-2H3. The molecular formula is C15H16N2O2. The second-order valence-corrected chi connectivity index (χ2v) is 4.24. The number of nitrogens with zero attached hydrogens (tertiary/aromatic N) is 2. The van der Waals surface area contributed by atoms with Gasteiger partial charge in [-0.3, -0.25) is 4.79 Å². The van der Waals surface area contributed by atoms with Crippen LogP contribution in [0.5, 0.6) is 5.75 Å². The topological polar surface area (TPSA) is 42.4 Å². The summed E-state index contributed by atoms with van der Waals surface area (Å²) in [5, 5.41) is 0. The van der Waals surface area contributed by atoms with Gasteiger partial charge in [-0.25, -0.2) is 4.98 Å². The van der Waals surface area contributed by atoms with Gasteiger partial charge in [-0.05, 0) is 18.2 Å². The summed E-state index contributed by atoms with van der Waals surface area (Å²) in [5.74, 6) is 1.68. The van der Waals surface area contributed by atoms with E-state index in [2.05, 4.69) is 4.98 Å². The first kappa shape index (κ1) is 13.1. The van der Waals surface area contributed by atoms with Crippen molar-refractivity contribution in [3.8, 4) is 5.75 Å². The lowest BCUT2D eigenvalue weighted by Gasteiger charge is -2.19. The van der Waals surface area contributed by atoms with E-state index in [1.54, 1.807) is 19.4 Å². The van der Waals surface area contributed by atoms with Gasteiger partial charge in [-0.15, -0.1) is 0 Å². The fourth-order valence-electron chi connectivity index (χ4n) is 1.86. The third-order valence-electron chi connectivity index (χ3n) is 2.90. The van der Waals surface area contributed by atoms with Crippen molar-refractivity contribution in [3.63, 3.8) is 0 Å². The van der Waals surface area contributed by atoms with E-state index in [4.69, 9.17) is 4.74 Å². The van der Waals surface area contributed by atoms with Crippen LogP contribution >= 0.6 is 0 Å². The van der Waals surface area contributed by atoms with Gasteiger partial charge in [0.25, 0.3) is 0 Å². The Morgan fingerprint density at radius 2 is 2.05 bits per heavy atom. The maximum absolute atomic E-state index is 10.6. The van der Waals surface area contributed by atoms with Gasteiger partial charge in [-0.2, -0.15) is 0 Å². The molecule has 0 bridgehead atoms. The Bertz CT molecular complexity index is 552. The molecular weight excluding hydrogens is 240 g/mol. The van der Waals surface area contributed by atoms with Gasteiger partial charge in [0.05, 0.1) is 7.11 Å². The van der Waals surface area contributed by atoms with Gasteiger partial charge < -0.3 is 9.64 Å². The lowest BCUT2D eigenvalue weighted by atomic mass is 10.2. The number of hydrogen-bond acceptors (Lipinski definition) is 4. The lowest BCUT2D eigenvalue weighted by Crippen LogP contribution is -2.18. The summed E-state index contributed by atoms with van der Waals surface area (Å²) in [6.45, 7) is 0.692.